The summed E-state index contributed by atoms with van der Waals surface area (Å²) < 4.78 is 64.2. The van der Waals surface area contributed by atoms with Gasteiger partial charge in [-0.25, -0.2) is 18.0 Å². The number of esters is 2. The van der Waals surface area contributed by atoms with Gasteiger partial charge in [-0.1, -0.05) is 0 Å². The van der Waals surface area contributed by atoms with Crippen molar-refractivity contribution in [2.24, 2.45) is 0 Å². The van der Waals surface area contributed by atoms with Gasteiger partial charge >= 0.3 is 17.2 Å². The molecule has 21 heavy (non-hydrogen) atoms. The van der Waals surface area contributed by atoms with Crippen molar-refractivity contribution in [3.8, 4) is 0 Å². The smallest absolute Gasteiger partial charge is 0.428 e. The number of carbonyl (C=O) groups is 2. The third-order valence-corrected chi connectivity index (χ3v) is 2.81. The summed E-state index contributed by atoms with van der Waals surface area (Å²) >= 11 is 0. The van der Waals surface area contributed by atoms with E-state index in [0.29, 0.717) is 0 Å². The largest absolute Gasteiger partial charge is 0.743 e. The molecule has 0 aliphatic carbocycles. The van der Waals surface area contributed by atoms with Gasteiger partial charge < -0.3 is 14.0 Å². The Kier molecular flexibility index (Phi) is 5.27. The predicted octanol–water partition coefficient (Wildman–Crippen LogP) is -0.0804. The number of rotatable bonds is 6. The predicted molar refractivity (Wildman–Crippen MR) is 60.1 cm³/mol. The van der Waals surface area contributed by atoms with Crippen molar-refractivity contribution >= 4 is 22.1 Å². The number of nitrogens with zero attached hydrogens (tertiary/aromatic N) is 1. The molecule has 0 aromatic carbocycles. The van der Waals surface area contributed by atoms with Gasteiger partial charge in [-0.05, 0) is 12.1 Å². The van der Waals surface area contributed by atoms with Crippen LogP contribution in [0, 0.1) is 0 Å². The topological polar surface area (TPSA) is 123 Å². The van der Waals surface area contributed by atoms with Crippen LogP contribution in [0.25, 0.3) is 0 Å². The van der Waals surface area contributed by atoms with Crippen LogP contribution >= 0.6 is 0 Å². The van der Waals surface area contributed by atoms with Gasteiger partial charge in [-0.3, -0.25) is 4.98 Å². The summed E-state index contributed by atoms with van der Waals surface area (Å²) in [6.45, 7) is -1.43. The SMILES string of the molecule is O=C(OCCOC(=O)C(F)(F)S(=O)(=O)[O-])c1ccncc1. The number of hydrogen-bond acceptors (Lipinski definition) is 8. The quantitative estimate of drug-likeness (QED) is 0.404. The average Bonchev–Trinajstić information content (AvgIpc) is 2.42. The lowest BCUT2D eigenvalue weighted by atomic mass is 10.3. The van der Waals surface area contributed by atoms with E-state index in [0.717, 1.165) is 0 Å². The summed E-state index contributed by atoms with van der Waals surface area (Å²) in [6, 6.07) is 2.65. The molecule has 1 heterocycles. The van der Waals surface area contributed by atoms with Gasteiger partial charge in [-0.2, -0.15) is 8.78 Å². The maximum absolute atomic E-state index is 12.7. The third-order valence-electron chi connectivity index (χ3n) is 2.02. The van der Waals surface area contributed by atoms with Crippen LogP contribution in [0.1, 0.15) is 10.4 Å². The number of carbonyl (C=O) groups excluding carboxylic acids is 2. The third kappa shape index (κ3) is 4.43. The standard InChI is InChI=1S/C10H9F2NO7S/c11-10(12,21(16,17)18)9(15)20-6-5-19-8(14)7-1-3-13-4-2-7/h1-4H,5-6H2,(H,16,17,18)/p-1. The van der Waals surface area contributed by atoms with Crippen LogP contribution in [-0.2, 0) is 24.4 Å². The highest BCUT2D eigenvalue weighted by molar-refractivity contribution is 7.87. The summed E-state index contributed by atoms with van der Waals surface area (Å²) in [7, 11) is -6.17. The van der Waals surface area contributed by atoms with E-state index >= 15 is 0 Å². The molecule has 0 saturated carbocycles. The van der Waals surface area contributed by atoms with Gasteiger partial charge in [0.1, 0.15) is 13.2 Å². The van der Waals surface area contributed by atoms with Crippen molar-refractivity contribution in [3.05, 3.63) is 30.1 Å². The maximum Gasteiger partial charge on any atom is 0.428 e. The van der Waals surface area contributed by atoms with Crippen LogP contribution < -0.4 is 0 Å². The highest BCUT2D eigenvalue weighted by Crippen LogP contribution is 2.21. The van der Waals surface area contributed by atoms with Crippen molar-refractivity contribution < 1.29 is 40.8 Å². The molecule has 0 fully saturated rings. The van der Waals surface area contributed by atoms with E-state index < -0.39 is 40.5 Å². The fraction of sp³-hybridized carbons (Fsp3) is 0.300. The molecule has 11 heteroatoms. The Bertz CT molecular complexity index is 618. The average molecular weight is 324 g/mol. The first-order chi connectivity index (χ1) is 9.66. The summed E-state index contributed by atoms with van der Waals surface area (Å²) in [5.41, 5.74) is 0.129. The van der Waals surface area contributed by atoms with Gasteiger partial charge in [-0.15, -0.1) is 0 Å². The first kappa shape index (κ1) is 16.9. The lowest BCUT2D eigenvalue weighted by Gasteiger charge is -2.17. The van der Waals surface area contributed by atoms with Gasteiger partial charge in [0.05, 0.1) is 5.56 Å². The molecular weight excluding hydrogens is 316 g/mol. The molecule has 0 bridgehead atoms. The number of ether oxygens (including phenoxy) is 2. The molecule has 0 amide bonds. The fourth-order valence-electron chi connectivity index (χ4n) is 1.03. The molecule has 0 atom stereocenters. The molecule has 1 rings (SSSR count). The van der Waals surface area contributed by atoms with E-state index in [1.165, 1.54) is 24.5 Å². The van der Waals surface area contributed by atoms with E-state index in [2.05, 4.69) is 14.5 Å². The number of alkyl halides is 2. The molecule has 0 aliphatic rings. The minimum atomic E-state index is -6.17. The zero-order valence-electron chi connectivity index (χ0n) is 10.2. The first-order valence-electron chi connectivity index (χ1n) is 5.24. The number of hydrogen-bond donors (Lipinski definition) is 0. The number of halogens is 2. The monoisotopic (exact) mass is 324 g/mol. The summed E-state index contributed by atoms with van der Waals surface area (Å²) in [5.74, 6) is -3.35. The lowest BCUT2D eigenvalue weighted by Crippen LogP contribution is -2.39. The molecular formula is C10H8F2NO7S-. The molecule has 0 spiro atoms. The van der Waals surface area contributed by atoms with Crippen molar-refractivity contribution in [1.82, 2.24) is 4.98 Å². The van der Waals surface area contributed by atoms with Gasteiger partial charge in [0.15, 0.2) is 10.1 Å². The van der Waals surface area contributed by atoms with Crippen molar-refractivity contribution in [2.45, 2.75) is 5.25 Å². The number of aromatic nitrogens is 1. The van der Waals surface area contributed by atoms with E-state index in [9.17, 15) is 31.3 Å². The van der Waals surface area contributed by atoms with Crippen molar-refractivity contribution in [3.63, 3.8) is 0 Å². The molecule has 0 saturated heterocycles. The second-order valence-corrected chi connectivity index (χ2v) is 4.90. The summed E-state index contributed by atoms with van der Waals surface area (Å²) in [6.07, 6.45) is 2.63. The van der Waals surface area contributed by atoms with Gasteiger partial charge in [0.25, 0.3) is 0 Å². The molecule has 0 aliphatic heterocycles. The minimum Gasteiger partial charge on any atom is -0.743 e. The molecule has 0 radical (unpaired) electrons. The zero-order chi connectivity index (χ0) is 16.1. The summed E-state index contributed by atoms with van der Waals surface area (Å²) in [5, 5.41) is -5.19. The van der Waals surface area contributed by atoms with Crippen LogP contribution in [0.5, 0.6) is 0 Å². The molecule has 0 unspecified atom stereocenters. The second kappa shape index (κ2) is 6.54. The normalized spacial score (nSPS) is 11.8. The van der Waals surface area contributed by atoms with Crippen LogP contribution in [0.4, 0.5) is 8.78 Å². The highest BCUT2D eigenvalue weighted by Gasteiger charge is 2.48. The Hall–Kier alpha value is -2.14. The Morgan fingerprint density at radius 3 is 2.24 bits per heavy atom. The van der Waals surface area contributed by atoms with E-state index in [1.807, 2.05) is 0 Å². The Morgan fingerprint density at radius 1 is 1.19 bits per heavy atom. The van der Waals surface area contributed by atoms with Gasteiger partial charge in [0.2, 0.25) is 0 Å². The Balaban J connectivity index is 2.42. The van der Waals surface area contributed by atoms with Gasteiger partial charge in [0, 0.05) is 12.4 Å². The van der Waals surface area contributed by atoms with Crippen LogP contribution in [0.2, 0.25) is 0 Å². The molecule has 8 nitrogen and oxygen atoms in total. The number of pyridine rings is 1. The molecule has 1 aromatic rings. The highest BCUT2D eigenvalue weighted by atomic mass is 32.2. The second-order valence-electron chi connectivity index (χ2n) is 3.48. The van der Waals surface area contributed by atoms with E-state index in [-0.39, 0.29) is 5.56 Å². The Labute approximate surface area is 117 Å². The van der Waals surface area contributed by atoms with Crippen molar-refractivity contribution in [2.75, 3.05) is 13.2 Å². The van der Waals surface area contributed by atoms with E-state index in [1.54, 1.807) is 0 Å². The van der Waals surface area contributed by atoms with Crippen LogP contribution in [-0.4, -0.2) is 48.4 Å². The zero-order valence-corrected chi connectivity index (χ0v) is 11.0. The van der Waals surface area contributed by atoms with E-state index in [4.69, 9.17) is 0 Å². The Morgan fingerprint density at radius 2 is 1.71 bits per heavy atom. The van der Waals surface area contributed by atoms with Crippen LogP contribution in [0.15, 0.2) is 24.5 Å². The lowest BCUT2D eigenvalue weighted by molar-refractivity contribution is -0.162. The fourth-order valence-corrected chi connectivity index (χ4v) is 1.29. The molecule has 1 aromatic heterocycles. The maximum atomic E-state index is 12.7. The minimum absolute atomic E-state index is 0.129. The summed E-state index contributed by atoms with van der Waals surface area (Å²) in [4.78, 5) is 25.7. The molecule has 116 valence electrons. The van der Waals surface area contributed by atoms with Crippen LogP contribution in [0.3, 0.4) is 0 Å². The molecule has 0 N–H and O–H groups in total. The van der Waals surface area contributed by atoms with Crippen molar-refractivity contribution in [1.29, 1.82) is 0 Å². The first-order valence-corrected chi connectivity index (χ1v) is 6.64.